The summed E-state index contributed by atoms with van der Waals surface area (Å²) in [6, 6.07) is 4.70. The molecule has 0 saturated carbocycles. The predicted octanol–water partition coefficient (Wildman–Crippen LogP) is 0.686. The molecule has 0 fully saturated rings. The number of amides is 1. The van der Waals surface area contributed by atoms with Crippen LogP contribution in [0.15, 0.2) is 18.2 Å². The van der Waals surface area contributed by atoms with Crippen molar-refractivity contribution in [2.45, 2.75) is 0 Å². The molecule has 0 N–H and O–H groups in total. The Balaban J connectivity index is 2.28. The highest BCUT2D eigenvalue weighted by atomic mass is 16.7. The van der Waals surface area contributed by atoms with Crippen LogP contribution in [0.4, 0.5) is 0 Å². The van der Waals surface area contributed by atoms with E-state index in [0.29, 0.717) is 17.1 Å². The van der Waals surface area contributed by atoms with E-state index in [-0.39, 0.29) is 6.79 Å². The summed E-state index contributed by atoms with van der Waals surface area (Å²) >= 11 is 0. The third kappa shape index (κ3) is 1.71. The lowest BCUT2D eigenvalue weighted by Gasteiger charge is -2.08. The second-order valence-corrected chi connectivity index (χ2v) is 3.60. The molecule has 5 nitrogen and oxygen atoms in total. The highest BCUT2D eigenvalue weighted by Crippen LogP contribution is 2.32. The molecule has 0 saturated heterocycles. The van der Waals surface area contributed by atoms with Crippen molar-refractivity contribution in [3.8, 4) is 11.5 Å². The van der Waals surface area contributed by atoms with Crippen LogP contribution in [0.25, 0.3) is 0 Å². The molecule has 1 aliphatic heterocycles. The summed E-state index contributed by atoms with van der Waals surface area (Å²) in [6.45, 7) is 0.147. The summed E-state index contributed by atoms with van der Waals surface area (Å²) in [4.78, 5) is 24.4. The van der Waals surface area contributed by atoms with Crippen molar-refractivity contribution in [3.05, 3.63) is 23.8 Å². The minimum atomic E-state index is -0.557. The molecule has 0 spiro atoms. The van der Waals surface area contributed by atoms with Crippen LogP contribution >= 0.6 is 0 Å². The number of ketones is 1. The largest absolute Gasteiger partial charge is 0.454 e. The number of nitrogens with zero attached hydrogens (tertiary/aromatic N) is 1. The standard InChI is InChI=1S/C11H11NO4/c1-12(2)11(14)10(13)7-3-4-8-9(5-7)16-6-15-8/h3-5H,6H2,1-2H3. The van der Waals surface area contributed by atoms with Crippen LogP contribution in [-0.4, -0.2) is 37.5 Å². The summed E-state index contributed by atoms with van der Waals surface area (Å²) in [5.74, 6) is -0.0200. The second kappa shape index (κ2) is 3.84. The molecule has 0 unspecified atom stereocenters. The number of hydrogen-bond acceptors (Lipinski definition) is 4. The van der Waals surface area contributed by atoms with Crippen molar-refractivity contribution in [3.63, 3.8) is 0 Å². The summed E-state index contributed by atoms with van der Waals surface area (Å²) in [7, 11) is 3.07. The van der Waals surface area contributed by atoms with Crippen LogP contribution < -0.4 is 9.47 Å². The molecular weight excluding hydrogens is 210 g/mol. The Morgan fingerprint density at radius 2 is 1.88 bits per heavy atom. The second-order valence-electron chi connectivity index (χ2n) is 3.60. The number of carbonyl (C=O) groups excluding carboxylic acids is 2. The van der Waals surface area contributed by atoms with Crippen molar-refractivity contribution >= 4 is 11.7 Å². The first-order valence-corrected chi connectivity index (χ1v) is 4.75. The highest BCUT2D eigenvalue weighted by Gasteiger charge is 2.21. The number of carbonyl (C=O) groups is 2. The number of ether oxygens (including phenoxy) is 2. The summed E-state index contributed by atoms with van der Waals surface area (Å²) in [5.41, 5.74) is 0.308. The average Bonchev–Trinajstić information content (AvgIpc) is 2.73. The Bertz CT molecular complexity index is 453. The van der Waals surface area contributed by atoms with E-state index in [4.69, 9.17) is 9.47 Å². The molecule has 1 aromatic carbocycles. The van der Waals surface area contributed by atoms with E-state index in [2.05, 4.69) is 0 Å². The van der Waals surface area contributed by atoms with Gasteiger partial charge in [0.05, 0.1) is 0 Å². The van der Waals surface area contributed by atoms with Crippen molar-refractivity contribution in [1.82, 2.24) is 4.90 Å². The Morgan fingerprint density at radius 1 is 1.19 bits per heavy atom. The van der Waals surface area contributed by atoms with E-state index >= 15 is 0 Å². The lowest BCUT2D eigenvalue weighted by molar-refractivity contribution is -0.124. The molecular formula is C11H11NO4. The molecule has 5 heteroatoms. The van der Waals surface area contributed by atoms with E-state index in [1.54, 1.807) is 12.1 Å². The molecule has 0 bridgehead atoms. The lowest BCUT2D eigenvalue weighted by atomic mass is 10.1. The van der Waals surface area contributed by atoms with Crippen molar-refractivity contribution in [2.75, 3.05) is 20.9 Å². The van der Waals surface area contributed by atoms with E-state index in [1.165, 1.54) is 25.1 Å². The molecule has 84 valence electrons. The molecule has 1 aliphatic rings. The fraction of sp³-hybridized carbons (Fsp3) is 0.273. The molecule has 1 aromatic rings. The monoisotopic (exact) mass is 221 g/mol. The Kier molecular flexibility index (Phi) is 2.52. The van der Waals surface area contributed by atoms with Gasteiger partial charge >= 0.3 is 0 Å². The molecule has 0 aliphatic carbocycles. The maximum Gasteiger partial charge on any atom is 0.294 e. The smallest absolute Gasteiger partial charge is 0.294 e. The van der Waals surface area contributed by atoms with Gasteiger partial charge in [0.1, 0.15) is 0 Å². The number of benzene rings is 1. The molecule has 16 heavy (non-hydrogen) atoms. The van der Waals surface area contributed by atoms with Crippen LogP contribution in [0.2, 0.25) is 0 Å². The number of hydrogen-bond donors (Lipinski definition) is 0. The number of rotatable bonds is 2. The third-order valence-electron chi connectivity index (χ3n) is 2.24. The van der Waals surface area contributed by atoms with Crippen LogP contribution in [0, 0.1) is 0 Å². The van der Waals surface area contributed by atoms with Gasteiger partial charge in [0.2, 0.25) is 12.6 Å². The zero-order valence-corrected chi connectivity index (χ0v) is 9.02. The van der Waals surface area contributed by atoms with E-state index < -0.39 is 11.7 Å². The quantitative estimate of drug-likeness (QED) is 0.544. The molecule has 1 amide bonds. The van der Waals surface area contributed by atoms with Gasteiger partial charge in [0.25, 0.3) is 5.91 Å². The predicted molar refractivity (Wildman–Crippen MR) is 55.6 cm³/mol. The molecule has 2 rings (SSSR count). The van der Waals surface area contributed by atoms with Gasteiger partial charge in [-0.1, -0.05) is 0 Å². The first-order valence-electron chi connectivity index (χ1n) is 4.75. The summed E-state index contributed by atoms with van der Waals surface area (Å²) in [5, 5.41) is 0. The zero-order valence-electron chi connectivity index (χ0n) is 9.02. The topological polar surface area (TPSA) is 55.8 Å². The number of fused-ring (bicyclic) bond motifs is 1. The fourth-order valence-corrected chi connectivity index (χ4v) is 1.36. The van der Waals surface area contributed by atoms with Gasteiger partial charge in [-0.3, -0.25) is 9.59 Å². The Labute approximate surface area is 92.6 Å². The first-order chi connectivity index (χ1) is 7.59. The van der Waals surface area contributed by atoms with E-state index in [0.717, 1.165) is 0 Å². The molecule has 1 heterocycles. The van der Waals surface area contributed by atoms with Crippen LogP contribution in [0.1, 0.15) is 10.4 Å². The first kappa shape index (κ1) is 10.5. The van der Waals surface area contributed by atoms with Gasteiger partial charge in [-0.15, -0.1) is 0 Å². The van der Waals surface area contributed by atoms with Gasteiger partial charge < -0.3 is 14.4 Å². The minimum absolute atomic E-state index is 0.147. The normalized spacial score (nSPS) is 12.4. The average molecular weight is 221 g/mol. The molecule has 0 atom stereocenters. The van der Waals surface area contributed by atoms with Gasteiger partial charge in [0.15, 0.2) is 11.5 Å². The fourth-order valence-electron chi connectivity index (χ4n) is 1.36. The summed E-state index contributed by atoms with van der Waals surface area (Å²) in [6.07, 6.45) is 0. The Hall–Kier alpha value is -2.04. The van der Waals surface area contributed by atoms with Crippen LogP contribution in [0.3, 0.4) is 0 Å². The van der Waals surface area contributed by atoms with E-state index in [9.17, 15) is 9.59 Å². The highest BCUT2D eigenvalue weighted by molar-refractivity contribution is 6.42. The molecule has 0 aromatic heterocycles. The number of likely N-dealkylation sites (N-methyl/N-ethyl adjacent to an activating group) is 1. The minimum Gasteiger partial charge on any atom is -0.454 e. The Morgan fingerprint density at radius 3 is 2.56 bits per heavy atom. The third-order valence-corrected chi connectivity index (χ3v) is 2.24. The maximum absolute atomic E-state index is 11.7. The molecule has 0 radical (unpaired) electrons. The SMILES string of the molecule is CN(C)C(=O)C(=O)c1ccc2c(c1)OCO2. The van der Waals surface area contributed by atoms with Crippen LogP contribution in [0.5, 0.6) is 11.5 Å². The van der Waals surface area contributed by atoms with Gasteiger partial charge in [-0.2, -0.15) is 0 Å². The van der Waals surface area contributed by atoms with Gasteiger partial charge in [0, 0.05) is 19.7 Å². The van der Waals surface area contributed by atoms with Crippen molar-refractivity contribution in [2.24, 2.45) is 0 Å². The summed E-state index contributed by atoms with van der Waals surface area (Å²) < 4.78 is 10.2. The van der Waals surface area contributed by atoms with Crippen molar-refractivity contribution < 1.29 is 19.1 Å². The lowest BCUT2D eigenvalue weighted by Crippen LogP contribution is -2.29. The van der Waals surface area contributed by atoms with Crippen molar-refractivity contribution in [1.29, 1.82) is 0 Å². The maximum atomic E-state index is 11.7. The van der Waals surface area contributed by atoms with E-state index in [1.807, 2.05) is 0 Å². The number of Topliss-reactive ketones (excluding diaryl/α,β-unsaturated/α-hetero) is 1. The zero-order chi connectivity index (χ0) is 11.7. The van der Waals surface area contributed by atoms with Crippen LogP contribution in [-0.2, 0) is 4.79 Å². The van der Waals surface area contributed by atoms with Gasteiger partial charge in [-0.05, 0) is 18.2 Å². The van der Waals surface area contributed by atoms with Gasteiger partial charge in [-0.25, -0.2) is 0 Å².